The number of phenols is 4. The van der Waals surface area contributed by atoms with Crippen molar-refractivity contribution >= 4 is 30.1 Å². The van der Waals surface area contributed by atoms with Crippen molar-refractivity contribution < 1.29 is 64.7 Å². The monoisotopic (exact) mass is 665 g/mol. The molecule has 48 heavy (non-hydrogen) atoms. The van der Waals surface area contributed by atoms with Crippen molar-refractivity contribution in [3.63, 3.8) is 0 Å². The van der Waals surface area contributed by atoms with Gasteiger partial charge in [-0.05, 0) is 66.6 Å². The van der Waals surface area contributed by atoms with Crippen LogP contribution in [0.5, 0.6) is 23.0 Å². The normalized spacial score (nSPS) is 24.7. The molecule has 14 nitrogen and oxygen atoms in total. The number of carboxylic acid groups (broad SMARTS) is 1. The number of benzene rings is 3. The molecule has 3 aromatic carbocycles. The quantitative estimate of drug-likeness (QED) is 0.0609. The predicted molar refractivity (Wildman–Crippen MR) is 168 cm³/mol. The van der Waals surface area contributed by atoms with Crippen molar-refractivity contribution in [2.24, 2.45) is 5.92 Å². The predicted octanol–water partition coefficient (Wildman–Crippen LogP) is 1.41. The Labute approximate surface area is 274 Å². The topological polar surface area (TPSA) is 244 Å². The summed E-state index contributed by atoms with van der Waals surface area (Å²) in [6, 6.07) is 15.5. The number of hydrogen-bond donors (Lipinski definition) is 9. The van der Waals surface area contributed by atoms with Crippen LogP contribution in [0.4, 0.5) is 0 Å². The maximum absolute atomic E-state index is 13.3. The third-order valence-corrected chi connectivity index (χ3v) is 8.16. The van der Waals surface area contributed by atoms with Gasteiger partial charge in [0.1, 0.15) is 6.10 Å². The average Bonchev–Trinajstić information content (AvgIpc) is 3.05. The number of esters is 2. The summed E-state index contributed by atoms with van der Waals surface area (Å²) in [6.07, 6.45) is -3.30. The second kappa shape index (κ2) is 14.6. The number of carboxylic acids is 1. The summed E-state index contributed by atoms with van der Waals surface area (Å²) in [5, 5.41) is 85.8. The smallest absolute Gasteiger partial charge is 0.336 e. The van der Waals surface area contributed by atoms with Gasteiger partial charge in [0.05, 0.1) is 0 Å². The molecule has 9 N–H and O–H groups in total. The minimum Gasteiger partial charge on any atom is -0.504 e. The van der Waals surface area contributed by atoms with Crippen LogP contribution in [0.25, 0.3) is 12.2 Å². The van der Waals surface area contributed by atoms with Crippen molar-refractivity contribution in [1.29, 1.82) is 0 Å². The number of aliphatic carboxylic acids is 1. The van der Waals surface area contributed by atoms with Crippen LogP contribution in [0.1, 0.15) is 23.1 Å². The Hall–Kier alpha value is -5.41. The van der Waals surface area contributed by atoms with E-state index in [0.717, 1.165) is 24.3 Å². The highest BCUT2D eigenvalue weighted by atomic mass is 16.6. The summed E-state index contributed by atoms with van der Waals surface area (Å²) in [5.41, 5.74) is -4.43. The molecule has 254 valence electrons. The van der Waals surface area contributed by atoms with Crippen molar-refractivity contribution in [3.8, 4) is 23.0 Å². The molecule has 1 fully saturated rings. The van der Waals surface area contributed by atoms with Crippen molar-refractivity contribution in [2.45, 2.75) is 42.5 Å². The van der Waals surface area contributed by atoms with Gasteiger partial charge >= 0.3 is 17.9 Å². The zero-order valence-corrected chi connectivity index (χ0v) is 25.5. The summed E-state index contributed by atoms with van der Waals surface area (Å²) in [6.45, 7) is 0. The molecule has 0 heterocycles. The van der Waals surface area contributed by atoms with Gasteiger partial charge in [-0.3, -0.25) is 5.32 Å². The van der Waals surface area contributed by atoms with Gasteiger partial charge in [-0.15, -0.1) is 0 Å². The molecule has 0 unspecified atom stereocenters. The molecule has 1 saturated carbocycles. The minimum absolute atomic E-state index is 0.241. The van der Waals surface area contributed by atoms with Crippen LogP contribution >= 0.6 is 0 Å². The maximum Gasteiger partial charge on any atom is 0.336 e. The van der Waals surface area contributed by atoms with Crippen molar-refractivity contribution in [1.82, 2.24) is 5.32 Å². The first kappa shape index (κ1) is 35.4. The first-order chi connectivity index (χ1) is 22.7. The lowest BCUT2D eigenvalue weighted by Gasteiger charge is -2.54. The molecule has 4 rings (SSSR count). The lowest BCUT2D eigenvalue weighted by Crippen LogP contribution is -2.76. The van der Waals surface area contributed by atoms with Crippen LogP contribution in [0.2, 0.25) is 0 Å². The highest BCUT2D eigenvalue weighted by Crippen LogP contribution is 2.47. The first-order valence-corrected chi connectivity index (χ1v) is 14.6. The van der Waals surface area contributed by atoms with E-state index in [1.165, 1.54) is 43.5 Å². The van der Waals surface area contributed by atoms with E-state index < -0.39 is 82.9 Å². The second-order valence-electron chi connectivity index (χ2n) is 11.2. The number of aliphatic hydroxyl groups excluding tert-OH is 2. The molecular formula is C34H35NO13. The van der Waals surface area contributed by atoms with E-state index in [1.807, 2.05) is 0 Å². The van der Waals surface area contributed by atoms with Gasteiger partial charge in [0, 0.05) is 24.5 Å². The van der Waals surface area contributed by atoms with Gasteiger partial charge in [0.25, 0.3) is 0 Å². The van der Waals surface area contributed by atoms with Gasteiger partial charge in [-0.1, -0.05) is 42.5 Å². The highest BCUT2D eigenvalue weighted by molar-refractivity contribution is 5.89. The van der Waals surface area contributed by atoms with E-state index in [1.54, 1.807) is 30.3 Å². The molecule has 0 aliphatic heterocycles. The van der Waals surface area contributed by atoms with Crippen LogP contribution in [-0.4, -0.2) is 95.4 Å². The number of hydrogen-bond acceptors (Lipinski definition) is 13. The Kier molecular flexibility index (Phi) is 10.8. The number of carbonyl (C=O) groups is 3. The Morgan fingerprint density at radius 2 is 1.42 bits per heavy atom. The van der Waals surface area contributed by atoms with E-state index in [2.05, 4.69) is 5.32 Å². The number of ether oxygens (including phenoxy) is 2. The van der Waals surface area contributed by atoms with E-state index in [0.29, 0.717) is 5.56 Å². The Bertz CT molecular complexity index is 1710. The fourth-order valence-corrected chi connectivity index (χ4v) is 5.66. The molecule has 1 aliphatic rings. The van der Waals surface area contributed by atoms with Gasteiger partial charge < -0.3 is 50.3 Å². The summed E-state index contributed by atoms with van der Waals surface area (Å²) in [5.74, 6) is -7.56. The number of likely N-dealkylation sites (N-methyl/N-ethyl adjacent to an activating group) is 1. The first-order valence-electron chi connectivity index (χ1n) is 14.6. The van der Waals surface area contributed by atoms with E-state index in [-0.39, 0.29) is 17.5 Å². The highest BCUT2D eigenvalue weighted by Gasteiger charge is 2.69. The molecule has 0 amide bonds. The molecule has 0 spiro atoms. The molecule has 6 atom stereocenters. The fraction of sp³-hybridized carbons (Fsp3) is 0.265. The molecule has 0 bridgehead atoms. The van der Waals surface area contributed by atoms with Gasteiger partial charge in [0.15, 0.2) is 40.9 Å². The molecule has 3 aromatic rings. The maximum atomic E-state index is 13.3. The lowest BCUT2D eigenvalue weighted by atomic mass is 9.62. The molecule has 0 radical (unpaired) electrons. The summed E-state index contributed by atoms with van der Waals surface area (Å²) in [4.78, 5) is 39.3. The zero-order chi connectivity index (χ0) is 35.2. The largest absolute Gasteiger partial charge is 0.504 e. The van der Waals surface area contributed by atoms with Crippen LogP contribution in [0.15, 0.2) is 78.9 Å². The van der Waals surface area contributed by atoms with Crippen molar-refractivity contribution in [2.75, 3.05) is 7.05 Å². The summed E-state index contributed by atoms with van der Waals surface area (Å²) < 4.78 is 11.4. The number of phenolic OH excluding ortho intramolecular Hbond substituents is 4. The SMILES string of the molecule is CN[C@H](O)[C@@]1(OC(=O)C=Cc2ccc(O)c(O)c2)[C@H](O)C[C@](O)(C(=O)O)[C@@H](Cc2ccccc2)[C@H]1OC(=O)C=Cc1ccc(O)c(O)c1. The summed E-state index contributed by atoms with van der Waals surface area (Å²) in [7, 11) is 1.24. The van der Waals surface area contributed by atoms with Gasteiger partial charge in [0.2, 0.25) is 5.60 Å². The van der Waals surface area contributed by atoms with E-state index in [9.17, 15) is 55.2 Å². The third kappa shape index (κ3) is 7.42. The molecule has 1 aliphatic carbocycles. The number of aromatic hydroxyl groups is 4. The standard InChI is InChI=1S/C34H35NO13/c1-35-31(43)34(48-29(42)14-10-21-8-12-24(37)26(39)17-21)27(40)18-33(46,32(44)45)22(15-19-5-3-2-4-6-19)30(34)47-28(41)13-9-20-7-11-23(36)25(38)16-20/h2-14,16-17,22,27,30-31,35-40,43,46H,15,18H2,1H3,(H,44,45)/t22-,27+,30+,31+,33+,34+/m0/s1. The van der Waals surface area contributed by atoms with Crippen molar-refractivity contribution in [3.05, 3.63) is 95.6 Å². The van der Waals surface area contributed by atoms with Crippen LogP contribution < -0.4 is 5.32 Å². The van der Waals surface area contributed by atoms with Crippen LogP contribution in [-0.2, 0) is 30.3 Å². The molecular weight excluding hydrogens is 630 g/mol. The average molecular weight is 666 g/mol. The summed E-state index contributed by atoms with van der Waals surface area (Å²) >= 11 is 0. The lowest BCUT2D eigenvalue weighted by molar-refractivity contribution is -0.284. The third-order valence-electron chi connectivity index (χ3n) is 8.16. The van der Waals surface area contributed by atoms with E-state index >= 15 is 0 Å². The fourth-order valence-electron chi connectivity index (χ4n) is 5.66. The van der Waals surface area contributed by atoms with Crippen LogP contribution in [0.3, 0.4) is 0 Å². The minimum atomic E-state index is -2.77. The Morgan fingerprint density at radius 3 is 1.92 bits per heavy atom. The van der Waals surface area contributed by atoms with E-state index in [4.69, 9.17) is 9.47 Å². The zero-order valence-electron chi connectivity index (χ0n) is 25.5. The molecule has 0 aromatic heterocycles. The molecule has 0 saturated heterocycles. The second-order valence-corrected chi connectivity index (χ2v) is 11.2. The Balaban J connectivity index is 1.82. The van der Waals surface area contributed by atoms with Gasteiger partial charge in [-0.2, -0.15) is 0 Å². The molecule has 14 heteroatoms. The van der Waals surface area contributed by atoms with Gasteiger partial charge in [-0.25, -0.2) is 14.4 Å². The number of carbonyl (C=O) groups excluding carboxylic acids is 2. The number of aliphatic hydroxyl groups is 3. The Morgan fingerprint density at radius 1 is 0.875 bits per heavy atom. The number of nitrogens with one attached hydrogen (secondary N) is 1. The van der Waals surface area contributed by atoms with Crippen LogP contribution in [0, 0.1) is 5.92 Å². The number of rotatable bonds is 11.